The number of furan rings is 2. The lowest BCUT2D eigenvalue weighted by atomic mass is 9.45. The van der Waals surface area contributed by atoms with Crippen LogP contribution in [0.1, 0.15) is 156 Å². The van der Waals surface area contributed by atoms with Gasteiger partial charge >= 0.3 is 6.85 Å². The average molecular weight is 989 g/mol. The minimum Gasteiger partial charge on any atom is -0.466 e. The summed E-state index contributed by atoms with van der Waals surface area (Å²) in [4.78, 5) is 5.21. The maximum absolute atomic E-state index is 7.58. The molecule has 0 fully saturated rings. The molecule has 6 heteroatoms. The van der Waals surface area contributed by atoms with Gasteiger partial charge in [-0.2, -0.15) is 0 Å². The molecule has 0 saturated heterocycles. The summed E-state index contributed by atoms with van der Waals surface area (Å²) in [5.41, 5.74) is 21.6. The smallest absolute Gasteiger partial charge is 0.376 e. The highest BCUT2D eigenvalue weighted by Gasteiger charge is 2.51. The Morgan fingerprint density at radius 2 is 1.04 bits per heavy atom. The second kappa shape index (κ2) is 14.8. The largest absolute Gasteiger partial charge is 0.466 e. The van der Waals surface area contributed by atoms with Crippen LogP contribution < -0.4 is 20.8 Å². The molecular formula is C68H69BN2O2S. The summed E-state index contributed by atoms with van der Waals surface area (Å²) in [6, 6.07) is 45.1. The van der Waals surface area contributed by atoms with Gasteiger partial charge in [0.2, 0.25) is 0 Å². The molecule has 0 radical (unpaired) electrons. The van der Waals surface area contributed by atoms with Crippen molar-refractivity contribution >= 4 is 111 Å². The fourth-order valence-corrected chi connectivity index (χ4v) is 15.0. The van der Waals surface area contributed by atoms with Gasteiger partial charge in [-0.3, -0.25) is 0 Å². The molecule has 0 bridgehead atoms. The SMILES string of the molecule is CC(C)(C)c1ccc(N2B3c4oc5ccc(C(C)(C)C)cc5c4N(c4ccc5c(c4)C(C)(C)CCC5(C)C)c4c3c(cc3c4oc4ccccc43)-c3cc4c(cc32)sc2cc3c(cc24)C(C)(C)CCC3(C)C)cc1. The van der Waals surface area contributed by atoms with Crippen LogP contribution in [-0.4, -0.2) is 6.85 Å². The van der Waals surface area contributed by atoms with Crippen LogP contribution in [0.3, 0.4) is 0 Å². The van der Waals surface area contributed by atoms with E-state index >= 15 is 0 Å². The molecule has 74 heavy (non-hydrogen) atoms. The Balaban J connectivity index is 1.15. The first-order valence-electron chi connectivity index (χ1n) is 27.4. The van der Waals surface area contributed by atoms with Crippen molar-refractivity contribution < 1.29 is 8.83 Å². The highest BCUT2D eigenvalue weighted by molar-refractivity contribution is 7.25. The number of benzene rings is 7. The van der Waals surface area contributed by atoms with Crippen molar-refractivity contribution in [2.24, 2.45) is 0 Å². The topological polar surface area (TPSA) is 32.8 Å². The van der Waals surface area contributed by atoms with E-state index in [4.69, 9.17) is 8.83 Å². The first-order valence-corrected chi connectivity index (χ1v) is 28.2. The van der Waals surface area contributed by atoms with Gasteiger partial charge in [0.25, 0.3) is 0 Å². The van der Waals surface area contributed by atoms with E-state index in [1.165, 1.54) is 88.7 Å². The van der Waals surface area contributed by atoms with Gasteiger partial charge in [-0.15, -0.1) is 11.3 Å². The second-order valence-corrected chi connectivity index (χ2v) is 28.6. The first kappa shape index (κ1) is 46.3. The van der Waals surface area contributed by atoms with Gasteiger partial charge in [-0.05, 0) is 175 Å². The predicted molar refractivity (Wildman–Crippen MR) is 318 cm³/mol. The van der Waals surface area contributed by atoms with E-state index < -0.39 is 0 Å². The molecule has 10 aromatic rings. The van der Waals surface area contributed by atoms with Crippen molar-refractivity contribution in [1.82, 2.24) is 0 Å². The number of rotatable bonds is 2. The van der Waals surface area contributed by atoms with Gasteiger partial charge in [-0.25, -0.2) is 0 Å². The van der Waals surface area contributed by atoms with Crippen molar-refractivity contribution in [2.75, 3.05) is 9.71 Å². The Hall–Kier alpha value is -6.24. The number of anilines is 5. The predicted octanol–water partition coefficient (Wildman–Crippen LogP) is 18.7. The number of nitrogens with zero attached hydrogens (tertiary/aromatic N) is 2. The van der Waals surface area contributed by atoms with E-state index in [9.17, 15) is 0 Å². The Labute approximate surface area is 441 Å². The quantitative estimate of drug-likeness (QED) is 0.162. The molecule has 2 aliphatic heterocycles. The van der Waals surface area contributed by atoms with Gasteiger partial charge in [0.15, 0.2) is 5.58 Å². The highest BCUT2D eigenvalue weighted by atomic mass is 32.1. The van der Waals surface area contributed by atoms with E-state index in [0.717, 1.165) is 74.2 Å². The molecule has 0 amide bonds. The summed E-state index contributed by atoms with van der Waals surface area (Å²) in [6.45, 7) is 33.1. The summed E-state index contributed by atoms with van der Waals surface area (Å²) >= 11 is 1.95. The third-order valence-corrected chi connectivity index (χ3v) is 19.8. The van der Waals surface area contributed by atoms with E-state index in [1.807, 2.05) is 11.3 Å². The molecule has 4 nitrogen and oxygen atoms in total. The standard InChI is InChI=1S/C68H69BN2O2S/c1-63(2,3)38-19-22-40(23-20-38)71-53-37-57-44(45-35-51-52(36-56(45)74-57)68(13,14)30-29-67(51,11)12)33-43(53)46-34-47-42-17-15-16-18-54(42)72-61(47)60-58(46)69(71)62-59(48-31-39(64(4,5)6)21-26-55(48)73-62)70(60)41-24-25-49-50(32-41)66(9,10)28-27-65(49,7)8/h15-26,31-37H,27-30H2,1-14H3. The molecule has 2 aliphatic carbocycles. The molecule has 0 atom stereocenters. The van der Waals surface area contributed by atoms with Crippen molar-refractivity contribution in [3.8, 4) is 11.1 Å². The second-order valence-electron chi connectivity index (χ2n) is 27.5. The molecule has 7 aromatic carbocycles. The Morgan fingerprint density at radius 1 is 0.473 bits per heavy atom. The van der Waals surface area contributed by atoms with E-state index in [-0.39, 0.29) is 39.3 Å². The molecule has 0 unspecified atom stereocenters. The van der Waals surface area contributed by atoms with Gasteiger partial charge in [0.05, 0.1) is 11.4 Å². The first-order chi connectivity index (χ1) is 34.9. The van der Waals surface area contributed by atoms with Crippen LogP contribution in [0, 0.1) is 0 Å². The average Bonchev–Trinajstić information content (AvgIpc) is 4.08. The van der Waals surface area contributed by atoms with Crippen LogP contribution in [0.25, 0.3) is 64.2 Å². The van der Waals surface area contributed by atoms with Crippen molar-refractivity contribution in [1.29, 1.82) is 0 Å². The summed E-state index contributed by atoms with van der Waals surface area (Å²) in [5, 5.41) is 6.06. The van der Waals surface area contributed by atoms with Gasteiger partial charge < -0.3 is 18.5 Å². The fraction of sp³-hybridized carbons (Fsp3) is 0.353. The monoisotopic (exact) mass is 989 g/mol. The molecule has 0 N–H and O–H groups in total. The number of thiophene rings is 1. The van der Waals surface area contributed by atoms with Crippen LogP contribution in [0.2, 0.25) is 0 Å². The number of hydrogen-bond acceptors (Lipinski definition) is 5. The third kappa shape index (κ3) is 6.45. The van der Waals surface area contributed by atoms with Crippen LogP contribution in [-0.2, 0) is 32.5 Å². The van der Waals surface area contributed by atoms with Crippen LogP contribution in [0.5, 0.6) is 0 Å². The zero-order chi connectivity index (χ0) is 51.6. The Kier molecular flexibility index (Phi) is 9.25. The van der Waals surface area contributed by atoms with E-state index in [2.05, 4.69) is 222 Å². The maximum atomic E-state index is 7.58. The molecule has 372 valence electrons. The molecule has 4 aliphatic rings. The number of para-hydroxylation sites is 1. The number of hydrogen-bond donors (Lipinski definition) is 0. The maximum Gasteiger partial charge on any atom is 0.376 e. The van der Waals surface area contributed by atoms with Gasteiger partial charge in [-0.1, -0.05) is 139 Å². The summed E-state index contributed by atoms with van der Waals surface area (Å²) in [6.07, 6.45) is 4.66. The molecule has 5 heterocycles. The van der Waals surface area contributed by atoms with Gasteiger partial charge in [0.1, 0.15) is 16.8 Å². The van der Waals surface area contributed by atoms with E-state index in [0.29, 0.717) is 0 Å². The van der Waals surface area contributed by atoms with Crippen LogP contribution in [0.4, 0.5) is 28.4 Å². The lowest BCUT2D eigenvalue weighted by molar-refractivity contribution is 0.332. The zero-order valence-electron chi connectivity index (χ0n) is 46.0. The minimum absolute atomic E-state index is 0.00145. The molecule has 14 rings (SSSR count). The van der Waals surface area contributed by atoms with Crippen molar-refractivity contribution in [3.05, 3.63) is 149 Å². The summed E-state index contributed by atoms with van der Waals surface area (Å²) in [7, 11) is 0. The summed E-state index contributed by atoms with van der Waals surface area (Å²) < 4.78 is 17.6. The van der Waals surface area contributed by atoms with Gasteiger partial charge in [0, 0.05) is 59.0 Å². The minimum atomic E-state index is -0.323. The normalized spacial score (nSPS) is 18.3. The van der Waals surface area contributed by atoms with Crippen LogP contribution in [0.15, 0.2) is 124 Å². The van der Waals surface area contributed by atoms with E-state index in [1.54, 1.807) is 0 Å². The Bertz CT molecular complexity index is 4070. The van der Waals surface area contributed by atoms with Crippen molar-refractivity contribution in [2.45, 2.75) is 155 Å². The lowest BCUT2D eigenvalue weighted by Gasteiger charge is -2.45. The number of fused-ring (bicyclic) bond motifs is 15. The molecule has 0 spiro atoms. The lowest BCUT2D eigenvalue weighted by Crippen LogP contribution is -2.61. The third-order valence-electron chi connectivity index (χ3n) is 18.7. The molecule has 0 saturated carbocycles. The zero-order valence-corrected chi connectivity index (χ0v) is 46.8. The summed E-state index contributed by atoms with van der Waals surface area (Å²) in [5.74, 6) is 0. The van der Waals surface area contributed by atoms with Crippen molar-refractivity contribution in [3.63, 3.8) is 0 Å². The van der Waals surface area contributed by atoms with Crippen LogP contribution >= 0.6 is 11.3 Å². The fourth-order valence-electron chi connectivity index (χ4n) is 13.9. The molecule has 3 aromatic heterocycles. The Morgan fingerprint density at radius 3 is 1.73 bits per heavy atom. The molecular weight excluding hydrogens is 920 g/mol. The highest BCUT2D eigenvalue weighted by Crippen LogP contribution is 2.57.